The van der Waals surface area contributed by atoms with Gasteiger partial charge in [-0.1, -0.05) is 27.2 Å². The summed E-state index contributed by atoms with van der Waals surface area (Å²) >= 11 is 0. The van der Waals surface area contributed by atoms with Gasteiger partial charge in [0.15, 0.2) is 0 Å². The molecule has 1 N–H and O–H groups in total. The molecule has 4 heteroatoms. The summed E-state index contributed by atoms with van der Waals surface area (Å²) in [7, 11) is 0. The van der Waals surface area contributed by atoms with Gasteiger partial charge in [0.25, 0.3) is 0 Å². The molecule has 0 aromatic carbocycles. The quantitative estimate of drug-likeness (QED) is 0.679. The highest BCUT2D eigenvalue weighted by atomic mass is 16.6. The number of cyclic esters (lactones) is 1. The molecule has 4 nitrogen and oxygen atoms in total. The molecule has 0 spiro atoms. The highest BCUT2D eigenvalue weighted by Gasteiger charge is 2.59. The first-order valence-electron chi connectivity index (χ1n) is 6.93. The van der Waals surface area contributed by atoms with E-state index in [0.29, 0.717) is 11.1 Å². The van der Waals surface area contributed by atoms with E-state index in [1.165, 1.54) is 0 Å². The lowest BCUT2D eigenvalue weighted by Gasteiger charge is -2.52. The lowest BCUT2D eigenvalue weighted by Crippen LogP contribution is -2.51. The van der Waals surface area contributed by atoms with E-state index in [2.05, 4.69) is 13.8 Å². The van der Waals surface area contributed by atoms with Crippen LogP contribution in [0.25, 0.3) is 0 Å². The van der Waals surface area contributed by atoms with Crippen molar-refractivity contribution < 1.29 is 19.4 Å². The van der Waals surface area contributed by atoms with Crippen molar-refractivity contribution in [3.8, 4) is 0 Å². The number of Topliss-reactive ketones (excluding diaryl/α,β-unsaturated/α-hetero) is 1. The number of carbonyl (C=O) groups is 2. The zero-order chi connectivity index (χ0) is 14.0. The molecule has 0 amide bonds. The van der Waals surface area contributed by atoms with E-state index >= 15 is 0 Å². The van der Waals surface area contributed by atoms with E-state index in [1.807, 2.05) is 6.92 Å². The molecule has 3 aliphatic rings. The number of fused-ring (bicyclic) bond motifs is 2. The molecule has 19 heavy (non-hydrogen) atoms. The summed E-state index contributed by atoms with van der Waals surface area (Å²) in [4.78, 5) is 24.3. The number of aliphatic hydroxyl groups is 1. The third-order valence-electron chi connectivity index (χ3n) is 5.26. The molecule has 0 aromatic heterocycles. The third kappa shape index (κ3) is 1.55. The standard InChI is InChI=1S/C15H20O4/c1-14(2)5-4-6-15(3)10-8(7-9(16)11(14)15)12(17)19-13(10)18/h11,13,18H,4-7H2,1-3H3/t11-,13?,15+/m0/s1. The summed E-state index contributed by atoms with van der Waals surface area (Å²) in [5, 5.41) is 10.0. The Morgan fingerprint density at radius 2 is 1.89 bits per heavy atom. The van der Waals surface area contributed by atoms with Crippen LogP contribution < -0.4 is 0 Å². The number of hydrogen-bond acceptors (Lipinski definition) is 4. The van der Waals surface area contributed by atoms with Crippen LogP contribution in [0.3, 0.4) is 0 Å². The molecule has 104 valence electrons. The first kappa shape index (κ1) is 12.9. The smallest absolute Gasteiger partial charge is 0.337 e. The van der Waals surface area contributed by atoms with E-state index in [0.717, 1.165) is 19.3 Å². The normalized spacial score (nSPS) is 40.8. The van der Waals surface area contributed by atoms with E-state index in [1.54, 1.807) is 0 Å². The van der Waals surface area contributed by atoms with Gasteiger partial charge in [0, 0.05) is 23.3 Å². The van der Waals surface area contributed by atoms with Gasteiger partial charge in [-0.3, -0.25) is 4.79 Å². The largest absolute Gasteiger partial charge is 0.428 e. The molecule has 0 radical (unpaired) electrons. The van der Waals surface area contributed by atoms with E-state index in [9.17, 15) is 14.7 Å². The second-order valence-electron chi connectivity index (χ2n) is 6.99. The van der Waals surface area contributed by atoms with Crippen molar-refractivity contribution in [3.05, 3.63) is 11.1 Å². The second-order valence-corrected chi connectivity index (χ2v) is 6.99. The molecular formula is C15H20O4. The fourth-order valence-corrected chi connectivity index (χ4v) is 4.70. The Balaban J connectivity index is 2.17. The Hall–Kier alpha value is -1.16. The van der Waals surface area contributed by atoms with Crippen LogP contribution in [-0.4, -0.2) is 23.1 Å². The molecule has 0 aromatic rings. The van der Waals surface area contributed by atoms with Gasteiger partial charge in [0.05, 0.1) is 5.57 Å². The van der Waals surface area contributed by atoms with Crippen LogP contribution in [-0.2, 0) is 14.3 Å². The van der Waals surface area contributed by atoms with Crippen LogP contribution in [0.2, 0.25) is 0 Å². The van der Waals surface area contributed by atoms with Crippen molar-refractivity contribution in [3.63, 3.8) is 0 Å². The monoisotopic (exact) mass is 264 g/mol. The maximum absolute atomic E-state index is 12.5. The molecule has 0 saturated heterocycles. The minimum atomic E-state index is -1.16. The van der Waals surface area contributed by atoms with Gasteiger partial charge in [0.2, 0.25) is 6.29 Å². The van der Waals surface area contributed by atoms with Crippen LogP contribution in [0.5, 0.6) is 0 Å². The number of ether oxygens (including phenoxy) is 1. The van der Waals surface area contributed by atoms with Crippen LogP contribution in [0, 0.1) is 16.7 Å². The van der Waals surface area contributed by atoms with Gasteiger partial charge < -0.3 is 9.84 Å². The SMILES string of the molecule is CC1(C)CCC[C@]2(C)C3=C(CC(=O)[C@@H]12)C(=O)OC3O. The van der Waals surface area contributed by atoms with Crippen LogP contribution >= 0.6 is 0 Å². The number of hydrogen-bond donors (Lipinski definition) is 1. The highest BCUT2D eigenvalue weighted by Crippen LogP contribution is 2.60. The summed E-state index contributed by atoms with van der Waals surface area (Å²) in [6.07, 6.45) is 1.81. The van der Waals surface area contributed by atoms with Gasteiger partial charge in [-0.25, -0.2) is 4.79 Å². The molecule has 1 heterocycles. The summed E-state index contributed by atoms with van der Waals surface area (Å²) in [5.74, 6) is -0.521. The summed E-state index contributed by atoms with van der Waals surface area (Å²) in [6, 6.07) is 0. The molecule has 0 bridgehead atoms. The van der Waals surface area contributed by atoms with Crippen molar-refractivity contribution in [2.45, 2.75) is 52.7 Å². The van der Waals surface area contributed by atoms with Crippen LogP contribution in [0.15, 0.2) is 11.1 Å². The zero-order valence-electron chi connectivity index (χ0n) is 11.7. The van der Waals surface area contributed by atoms with E-state index in [4.69, 9.17) is 4.74 Å². The van der Waals surface area contributed by atoms with Gasteiger partial charge in [0.1, 0.15) is 5.78 Å². The molecular weight excluding hydrogens is 244 g/mol. The minimum absolute atomic E-state index is 0.0893. The molecule has 2 aliphatic carbocycles. The minimum Gasteiger partial charge on any atom is -0.428 e. The Kier molecular flexibility index (Phi) is 2.50. The zero-order valence-corrected chi connectivity index (χ0v) is 11.7. The van der Waals surface area contributed by atoms with Crippen LogP contribution in [0.4, 0.5) is 0 Å². The summed E-state index contributed by atoms with van der Waals surface area (Å²) in [5.41, 5.74) is 0.565. The van der Waals surface area contributed by atoms with Crippen molar-refractivity contribution in [2.24, 2.45) is 16.7 Å². The van der Waals surface area contributed by atoms with Gasteiger partial charge >= 0.3 is 5.97 Å². The molecule has 1 aliphatic heterocycles. The van der Waals surface area contributed by atoms with Crippen molar-refractivity contribution in [2.75, 3.05) is 0 Å². The number of aliphatic hydroxyl groups excluding tert-OH is 1. The average molecular weight is 264 g/mol. The fourth-order valence-electron chi connectivity index (χ4n) is 4.70. The van der Waals surface area contributed by atoms with E-state index < -0.39 is 17.7 Å². The molecule has 1 unspecified atom stereocenters. The van der Waals surface area contributed by atoms with Crippen molar-refractivity contribution in [1.29, 1.82) is 0 Å². The Morgan fingerprint density at radius 1 is 1.21 bits per heavy atom. The molecule has 1 saturated carbocycles. The lowest BCUT2D eigenvalue weighted by molar-refractivity contribution is -0.153. The number of rotatable bonds is 0. The van der Waals surface area contributed by atoms with Gasteiger partial charge in [-0.15, -0.1) is 0 Å². The Bertz CT molecular complexity index is 502. The predicted molar refractivity (Wildman–Crippen MR) is 68.0 cm³/mol. The average Bonchev–Trinajstić information content (AvgIpc) is 2.52. The van der Waals surface area contributed by atoms with Crippen molar-refractivity contribution >= 4 is 11.8 Å². The second kappa shape index (κ2) is 3.69. The topological polar surface area (TPSA) is 63.6 Å². The molecule has 1 fully saturated rings. The Morgan fingerprint density at radius 3 is 2.58 bits per heavy atom. The highest BCUT2D eigenvalue weighted by molar-refractivity contribution is 6.02. The molecule has 3 atom stereocenters. The summed E-state index contributed by atoms with van der Waals surface area (Å²) in [6.45, 7) is 6.24. The van der Waals surface area contributed by atoms with Gasteiger partial charge in [-0.05, 0) is 18.3 Å². The third-order valence-corrected chi connectivity index (χ3v) is 5.26. The fraction of sp³-hybridized carbons (Fsp3) is 0.733. The molecule has 3 rings (SSSR count). The van der Waals surface area contributed by atoms with Gasteiger partial charge in [-0.2, -0.15) is 0 Å². The number of esters is 1. The Labute approximate surface area is 112 Å². The maximum Gasteiger partial charge on any atom is 0.337 e. The first-order chi connectivity index (χ1) is 8.77. The maximum atomic E-state index is 12.5. The lowest BCUT2D eigenvalue weighted by atomic mass is 9.50. The first-order valence-corrected chi connectivity index (χ1v) is 6.93. The van der Waals surface area contributed by atoms with Crippen LogP contribution in [0.1, 0.15) is 46.5 Å². The van der Waals surface area contributed by atoms with Crippen molar-refractivity contribution in [1.82, 2.24) is 0 Å². The number of ketones is 1. The van der Waals surface area contributed by atoms with E-state index in [-0.39, 0.29) is 23.5 Å². The predicted octanol–water partition coefficient (Wildman–Crippen LogP) is 1.96. The summed E-state index contributed by atoms with van der Waals surface area (Å²) < 4.78 is 4.93. The number of carbonyl (C=O) groups excluding carboxylic acids is 2.